The number of rotatable bonds is 6. The van der Waals surface area contributed by atoms with Gasteiger partial charge in [0.2, 0.25) is 10.0 Å². The number of sulfonamides is 1. The zero-order valence-electron chi connectivity index (χ0n) is 12.0. The van der Waals surface area contributed by atoms with Crippen LogP contribution in [-0.4, -0.2) is 42.9 Å². The molecule has 0 fully saturated rings. The predicted molar refractivity (Wildman–Crippen MR) is 83.9 cm³/mol. The molecular weight excluding hydrogens is 310 g/mol. The molecule has 2 N–H and O–H groups in total. The molecule has 0 aliphatic rings. The first-order valence-electron chi connectivity index (χ1n) is 6.37. The van der Waals surface area contributed by atoms with Gasteiger partial charge >= 0.3 is 0 Å². The van der Waals surface area contributed by atoms with Gasteiger partial charge in [0, 0.05) is 41.3 Å². The molecule has 1 aromatic carbocycles. The topological polar surface area (TPSA) is 83.5 Å². The highest BCUT2D eigenvalue weighted by Gasteiger charge is 2.16. The van der Waals surface area contributed by atoms with Gasteiger partial charge in [-0.05, 0) is 24.6 Å². The van der Waals surface area contributed by atoms with Gasteiger partial charge < -0.3 is 5.11 Å². The Bertz CT molecular complexity index is 672. The summed E-state index contributed by atoms with van der Waals surface area (Å²) in [6.07, 6.45) is 1.87. The van der Waals surface area contributed by atoms with Crippen molar-refractivity contribution in [2.75, 3.05) is 25.2 Å². The molecule has 7 heteroatoms. The average Bonchev–Trinajstić information content (AvgIpc) is 2.40. The highest BCUT2D eigenvalue weighted by molar-refractivity contribution is 7.89. The summed E-state index contributed by atoms with van der Waals surface area (Å²) < 4.78 is 37.8. The first-order valence-corrected chi connectivity index (χ1v) is 9.58. The third-order valence-electron chi connectivity index (χ3n) is 2.63. The maximum Gasteiger partial charge on any atom is 0.240 e. The third kappa shape index (κ3) is 5.98. The summed E-state index contributed by atoms with van der Waals surface area (Å²) in [7, 11) is -4.69. The highest BCUT2D eigenvalue weighted by Crippen LogP contribution is 2.16. The van der Waals surface area contributed by atoms with Gasteiger partial charge in [-0.15, -0.1) is 0 Å². The van der Waals surface area contributed by atoms with E-state index in [0.717, 1.165) is 0 Å². The summed E-state index contributed by atoms with van der Waals surface area (Å²) in [5, 5.41) is 8.68. The van der Waals surface area contributed by atoms with Crippen molar-refractivity contribution in [1.82, 2.24) is 4.72 Å². The zero-order chi connectivity index (χ0) is 15.9. The fraction of sp³-hybridized carbons (Fsp3) is 0.429. The molecule has 1 aromatic rings. The van der Waals surface area contributed by atoms with E-state index >= 15 is 0 Å². The van der Waals surface area contributed by atoms with Crippen molar-refractivity contribution in [3.63, 3.8) is 0 Å². The summed E-state index contributed by atoms with van der Waals surface area (Å²) in [5.41, 5.74) is 1.20. The molecule has 0 radical (unpaired) electrons. The molecule has 0 spiro atoms. The van der Waals surface area contributed by atoms with Crippen molar-refractivity contribution in [1.29, 1.82) is 0 Å². The normalized spacial score (nSPS) is 12.5. The van der Waals surface area contributed by atoms with Crippen molar-refractivity contribution < 1.29 is 17.7 Å². The first kappa shape index (κ1) is 17.9. The van der Waals surface area contributed by atoms with Gasteiger partial charge in [-0.1, -0.05) is 17.9 Å². The first-order chi connectivity index (χ1) is 9.86. The molecule has 1 unspecified atom stereocenters. The van der Waals surface area contributed by atoms with Crippen LogP contribution in [0.5, 0.6) is 0 Å². The molecule has 5 nitrogen and oxygen atoms in total. The van der Waals surface area contributed by atoms with Crippen molar-refractivity contribution in [3.8, 4) is 11.8 Å². The number of nitrogens with one attached hydrogen (secondary N) is 1. The van der Waals surface area contributed by atoms with Crippen LogP contribution in [0.1, 0.15) is 17.5 Å². The van der Waals surface area contributed by atoms with E-state index in [2.05, 4.69) is 16.6 Å². The lowest BCUT2D eigenvalue weighted by Crippen LogP contribution is -2.28. The van der Waals surface area contributed by atoms with Crippen LogP contribution in [0.2, 0.25) is 0 Å². The SMILES string of the molecule is Cc1ccc(C#CCCO)cc1S(=O)(=O)NCCS(C)=O. The Morgan fingerprint density at radius 3 is 2.71 bits per heavy atom. The van der Waals surface area contributed by atoms with Crippen molar-refractivity contribution in [2.45, 2.75) is 18.2 Å². The van der Waals surface area contributed by atoms with Crippen LogP contribution < -0.4 is 4.72 Å². The molecule has 0 heterocycles. The van der Waals surface area contributed by atoms with Gasteiger partial charge in [0.25, 0.3) is 0 Å². The Hall–Kier alpha value is -1.20. The molecule has 0 saturated heterocycles. The third-order valence-corrected chi connectivity index (χ3v) is 5.01. The van der Waals surface area contributed by atoms with Crippen molar-refractivity contribution in [3.05, 3.63) is 29.3 Å². The number of benzene rings is 1. The lowest BCUT2D eigenvalue weighted by atomic mass is 10.1. The zero-order valence-corrected chi connectivity index (χ0v) is 13.7. The Morgan fingerprint density at radius 1 is 1.38 bits per heavy atom. The minimum absolute atomic E-state index is 0.0280. The number of aryl methyl sites for hydroxylation is 1. The molecule has 0 saturated carbocycles. The number of aliphatic hydroxyl groups excluding tert-OH is 1. The quantitative estimate of drug-likeness (QED) is 0.740. The van der Waals surface area contributed by atoms with Gasteiger partial charge in [0.05, 0.1) is 11.5 Å². The van der Waals surface area contributed by atoms with Crippen LogP contribution in [0.4, 0.5) is 0 Å². The largest absolute Gasteiger partial charge is 0.395 e. The molecule has 0 aliphatic heterocycles. The maximum absolute atomic E-state index is 12.2. The number of aliphatic hydroxyl groups is 1. The van der Waals surface area contributed by atoms with Gasteiger partial charge in [0.15, 0.2) is 0 Å². The van der Waals surface area contributed by atoms with Gasteiger partial charge in [-0.25, -0.2) is 13.1 Å². The molecule has 0 aliphatic carbocycles. The van der Waals surface area contributed by atoms with Crippen LogP contribution in [0.25, 0.3) is 0 Å². The number of hydrogen-bond donors (Lipinski definition) is 2. The minimum atomic E-state index is -3.64. The fourth-order valence-electron chi connectivity index (χ4n) is 1.59. The van der Waals surface area contributed by atoms with E-state index in [-0.39, 0.29) is 23.8 Å². The maximum atomic E-state index is 12.2. The van der Waals surface area contributed by atoms with Gasteiger partial charge in [-0.3, -0.25) is 4.21 Å². The van der Waals surface area contributed by atoms with E-state index in [0.29, 0.717) is 17.5 Å². The monoisotopic (exact) mass is 329 g/mol. The molecule has 0 amide bonds. The second-order valence-electron chi connectivity index (χ2n) is 4.43. The standard InChI is InChI=1S/C14H19NO4S2/c1-12-6-7-13(5-3-4-9-16)11-14(12)21(18,19)15-8-10-20(2)17/h6-7,11,15-16H,4,8-10H2,1-2H3. The molecule has 116 valence electrons. The second-order valence-corrected chi connectivity index (χ2v) is 7.72. The molecule has 21 heavy (non-hydrogen) atoms. The van der Waals surface area contributed by atoms with Crippen LogP contribution >= 0.6 is 0 Å². The van der Waals surface area contributed by atoms with E-state index in [4.69, 9.17) is 5.11 Å². The Kier molecular flexibility index (Phi) is 7.05. The van der Waals surface area contributed by atoms with Crippen LogP contribution in [-0.2, 0) is 20.8 Å². The lowest BCUT2D eigenvalue weighted by molar-refractivity contribution is 0.305. The second kappa shape index (κ2) is 8.29. The average molecular weight is 329 g/mol. The van der Waals surface area contributed by atoms with E-state index in [1.165, 1.54) is 12.3 Å². The van der Waals surface area contributed by atoms with E-state index < -0.39 is 20.8 Å². The molecule has 1 rings (SSSR count). The molecular formula is C14H19NO4S2. The molecule has 1 atom stereocenters. The fourth-order valence-corrected chi connectivity index (χ4v) is 3.40. The van der Waals surface area contributed by atoms with Crippen LogP contribution in [0, 0.1) is 18.8 Å². The van der Waals surface area contributed by atoms with E-state index in [1.807, 2.05) is 0 Å². The lowest BCUT2D eigenvalue weighted by Gasteiger charge is -2.09. The summed E-state index contributed by atoms with van der Waals surface area (Å²) in [5.74, 6) is 5.83. The van der Waals surface area contributed by atoms with E-state index in [1.54, 1.807) is 19.1 Å². The van der Waals surface area contributed by atoms with Crippen LogP contribution in [0.15, 0.2) is 23.1 Å². The van der Waals surface area contributed by atoms with Crippen molar-refractivity contribution in [2.24, 2.45) is 0 Å². The highest BCUT2D eigenvalue weighted by atomic mass is 32.2. The van der Waals surface area contributed by atoms with Crippen molar-refractivity contribution >= 4 is 20.8 Å². The minimum Gasteiger partial charge on any atom is -0.395 e. The Labute approximate surface area is 128 Å². The molecule has 0 bridgehead atoms. The van der Waals surface area contributed by atoms with E-state index in [9.17, 15) is 12.6 Å². The summed E-state index contributed by atoms with van der Waals surface area (Å²) in [4.78, 5) is 0.167. The van der Waals surface area contributed by atoms with Crippen LogP contribution in [0.3, 0.4) is 0 Å². The smallest absolute Gasteiger partial charge is 0.240 e. The summed E-state index contributed by atoms with van der Waals surface area (Å²) in [6, 6.07) is 4.93. The van der Waals surface area contributed by atoms with Gasteiger partial charge in [0.1, 0.15) is 0 Å². The molecule has 0 aromatic heterocycles. The summed E-state index contributed by atoms with van der Waals surface area (Å²) >= 11 is 0. The summed E-state index contributed by atoms with van der Waals surface area (Å²) in [6.45, 7) is 1.81. The number of hydrogen-bond acceptors (Lipinski definition) is 4. The Morgan fingerprint density at radius 2 is 2.10 bits per heavy atom. The Balaban J connectivity index is 2.97. The predicted octanol–water partition coefficient (Wildman–Crippen LogP) is 0.386. The van der Waals surface area contributed by atoms with Gasteiger partial charge in [-0.2, -0.15) is 0 Å².